The Kier molecular flexibility index (Phi) is 1.20. The quantitative estimate of drug-likeness (QED) is 0.579. The van der Waals surface area contributed by atoms with Gasteiger partial charge in [-0.15, -0.1) is 0 Å². The van der Waals surface area contributed by atoms with Gasteiger partial charge in [-0.2, -0.15) is 0 Å². The summed E-state index contributed by atoms with van der Waals surface area (Å²) >= 11 is 0. The highest BCUT2D eigenvalue weighted by Gasteiger charge is 2.57. The molecule has 0 aromatic carbocycles. The summed E-state index contributed by atoms with van der Waals surface area (Å²) < 4.78 is 5.24. The van der Waals surface area contributed by atoms with E-state index in [0.717, 1.165) is 19.4 Å². The van der Waals surface area contributed by atoms with Gasteiger partial charge in [-0.25, -0.2) is 0 Å². The average molecular weight is 142 g/mol. The van der Waals surface area contributed by atoms with Crippen molar-refractivity contribution in [2.45, 2.75) is 18.9 Å². The molecule has 10 heavy (non-hydrogen) atoms. The molecule has 56 valence electrons. The van der Waals surface area contributed by atoms with Crippen LogP contribution < -0.4 is 0 Å². The van der Waals surface area contributed by atoms with E-state index in [1.807, 2.05) is 0 Å². The molecule has 2 rings (SSSR count). The van der Waals surface area contributed by atoms with E-state index in [0.29, 0.717) is 5.92 Å². The van der Waals surface area contributed by atoms with E-state index in [9.17, 15) is 4.79 Å². The van der Waals surface area contributed by atoms with Gasteiger partial charge >= 0.3 is 5.97 Å². The minimum absolute atomic E-state index is 0.0613. The SMILES string of the molecule is O=C(O)[C@@H]1[C@H]2CCCO[C@@H]21. The van der Waals surface area contributed by atoms with Gasteiger partial charge in [0.1, 0.15) is 0 Å². The minimum atomic E-state index is -0.683. The zero-order valence-corrected chi connectivity index (χ0v) is 5.62. The van der Waals surface area contributed by atoms with Gasteiger partial charge in [-0.05, 0) is 12.8 Å². The fourth-order valence-electron chi connectivity index (χ4n) is 1.78. The van der Waals surface area contributed by atoms with Crippen LogP contribution in [0.1, 0.15) is 12.8 Å². The van der Waals surface area contributed by atoms with Gasteiger partial charge < -0.3 is 9.84 Å². The fraction of sp³-hybridized carbons (Fsp3) is 0.857. The van der Waals surface area contributed by atoms with Gasteiger partial charge in [0.25, 0.3) is 0 Å². The highest BCUT2D eigenvalue weighted by molar-refractivity contribution is 5.75. The second-order valence-corrected chi connectivity index (χ2v) is 3.01. The van der Waals surface area contributed by atoms with Crippen molar-refractivity contribution in [3.63, 3.8) is 0 Å². The average Bonchev–Trinajstić information content (AvgIpc) is 2.60. The Morgan fingerprint density at radius 3 is 2.90 bits per heavy atom. The molecule has 0 aromatic rings. The monoisotopic (exact) mass is 142 g/mol. The lowest BCUT2D eigenvalue weighted by Crippen LogP contribution is -2.07. The maximum atomic E-state index is 10.4. The summed E-state index contributed by atoms with van der Waals surface area (Å²) in [5.74, 6) is -0.523. The van der Waals surface area contributed by atoms with E-state index in [2.05, 4.69) is 0 Å². The van der Waals surface area contributed by atoms with E-state index in [-0.39, 0.29) is 12.0 Å². The van der Waals surface area contributed by atoms with E-state index in [1.165, 1.54) is 0 Å². The van der Waals surface area contributed by atoms with Crippen molar-refractivity contribution >= 4 is 5.97 Å². The fourth-order valence-corrected chi connectivity index (χ4v) is 1.78. The molecule has 3 atom stereocenters. The summed E-state index contributed by atoms with van der Waals surface area (Å²) in [5.41, 5.74) is 0. The van der Waals surface area contributed by atoms with Crippen LogP contribution in [-0.2, 0) is 9.53 Å². The Morgan fingerprint density at radius 1 is 1.60 bits per heavy atom. The lowest BCUT2D eigenvalue weighted by Gasteiger charge is -2.07. The second kappa shape index (κ2) is 1.95. The molecule has 2 fully saturated rings. The predicted octanol–water partition coefficient (Wildman–Crippen LogP) is 0.496. The highest BCUT2D eigenvalue weighted by Crippen LogP contribution is 2.47. The van der Waals surface area contributed by atoms with Crippen molar-refractivity contribution in [2.75, 3.05) is 6.61 Å². The first-order valence-corrected chi connectivity index (χ1v) is 3.65. The molecule has 1 heterocycles. The standard InChI is InChI=1S/C7H10O3/c8-7(9)5-4-2-1-3-10-6(4)5/h4-6H,1-3H2,(H,8,9)/t4-,5-,6+/m1/s1. The lowest BCUT2D eigenvalue weighted by molar-refractivity contribution is -0.139. The summed E-state index contributed by atoms with van der Waals surface area (Å²) in [6.07, 6.45) is 2.14. The Morgan fingerprint density at radius 2 is 2.40 bits per heavy atom. The molecule has 0 unspecified atom stereocenters. The molecule has 1 aliphatic carbocycles. The summed E-state index contributed by atoms with van der Waals surface area (Å²) in [5, 5.41) is 8.60. The molecule has 2 aliphatic rings. The number of fused-ring (bicyclic) bond motifs is 1. The number of carbonyl (C=O) groups is 1. The number of ether oxygens (including phenoxy) is 1. The first-order chi connectivity index (χ1) is 4.80. The van der Waals surface area contributed by atoms with E-state index in [4.69, 9.17) is 9.84 Å². The molecule has 3 nitrogen and oxygen atoms in total. The molecule has 1 saturated carbocycles. The zero-order chi connectivity index (χ0) is 7.14. The van der Waals surface area contributed by atoms with Crippen LogP contribution in [0.2, 0.25) is 0 Å². The van der Waals surface area contributed by atoms with Crippen molar-refractivity contribution in [2.24, 2.45) is 11.8 Å². The first kappa shape index (κ1) is 6.16. The van der Waals surface area contributed by atoms with Gasteiger partial charge in [0.2, 0.25) is 0 Å². The number of hydrogen-bond donors (Lipinski definition) is 1. The molecule has 0 radical (unpaired) electrons. The third-order valence-electron chi connectivity index (χ3n) is 2.37. The number of rotatable bonds is 1. The van der Waals surface area contributed by atoms with Gasteiger partial charge in [0.15, 0.2) is 0 Å². The maximum Gasteiger partial charge on any atom is 0.309 e. The smallest absolute Gasteiger partial charge is 0.309 e. The molecule has 1 saturated heterocycles. The molecule has 0 bridgehead atoms. The third kappa shape index (κ3) is 0.736. The van der Waals surface area contributed by atoms with Crippen LogP contribution in [-0.4, -0.2) is 23.8 Å². The molecule has 0 aromatic heterocycles. The maximum absolute atomic E-state index is 10.4. The van der Waals surface area contributed by atoms with Gasteiger partial charge in [-0.1, -0.05) is 0 Å². The normalized spacial score (nSPS) is 44.2. The summed E-state index contributed by atoms with van der Waals surface area (Å²) in [7, 11) is 0. The lowest BCUT2D eigenvalue weighted by atomic mass is 10.2. The molecule has 3 heteroatoms. The summed E-state index contributed by atoms with van der Waals surface area (Å²) in [4.78, 5) is 10.4. The van der Waals surface area contributed by atoms with Crippen LogP contribution in [0.3, 0.4) is 0 Å². The van der Waals surface area contributed by atoms with Crippen LogP contribution in [0.25, 0.3) is 0 Å². The zero-order valence-electron chi connectivity index (χ0n) is 5.62. The van der Waals surface area contributed by atoms with Crippen molar-refractivity contribution < 1.29 is 14.6 Å². The largest absolute Gasteiger partial charge is 0.481 e. The Hall–Kier alpha value is -0.570. The van der Waals surface area contributed by atoms with Crippen LogP contribution in [0, 0.1) is 11.8 Å². The molecular formula is C7H10O3. The molecule has 1 N–H and O–H groups in total. The van der Waals surface area contributed by atoms with E-state index in [1.54, 1.807) is 0 Å². The van der Waals surface area contributed by atoms with Crippen molar-refractivity contribution in [3.8, 4) is 0 Å². The van der Waals surface area contributed by atoms with E-state index < -0.39 is 5.97 Å². The number of carboxylic acid groups (broad SMARTS) is 1. The van der Waals surface area contributed by atoms with Crippen LogP contribution in [0.15, 0.2) is 0 Å². The van der Waals surface area contributed by atoms with Gasteiger partial charge in [0.05, 0.1) is 12.0 Å². The second-order valence-electron chi connectivity index (χ2n) is 3.01. The third-order valence-corrected chi connectivity index (χ3v) is 2.37. The van der Waals surface area contributed by atoms with Gasteiger partial charge in [-0.3, -0.25) is 4.79 Å². The topological polar surface area (TPSA) is 46.5 Å². The number of hydrogen-bond acceptors (Lipinski definition) is 2. The van der Waals surface area contributed by atoms with Crippen LogP contribution in [0.4, 0.5) is 0 Å². The Labute approximate surface area is 59.0 Å². The van der Waals surface area contributed by atoms with Crippen molar-refractivity contribution in [1.29, 1.82) is 0 Å². The number of carboxylic acids is 1. The minimum Gasteiger partial charge on any atom is -0.481 e. The molecule has 0 amide bonds. The number of aliphatic carboxylic acids is 1. The molecular weight excluding hydrogens is 132 g/mol. The first-order valence-electron chi connectivity index (χ1n) is 3.65. The Balaban J connectivity index is 1.99. The van der Waals surface area contributed by atoms with Crippen LogP contribution in [0.5, 0.6) is 0 Å². The van der Waals surface area contributed by atoms with Gasteiger partial charge in [0, 0.05) is 12.5 Å². The molecule has 1 aliphatic heterocycles. The highest BCUT2D eigenvalue weighted by atomic mass is 16.5. The van der Waals surface area contributed by atoms with Crippen molar-refractivity contribution in [3.05, 3.63) is 0 Å². The summed E-state index contributed by atoms with van der Waals surface area (Å²) in [6.45, 7) is 0.755. The summed E-state index contributed by atoms with van der Waals surface area (Å²) in [6, 6.07) is 0. The van der Waals surface area contributed by atoms with Crippen molar-refractivity contribution in [1.82, 2.24) is 0 Å². The predicted molar refractivity (Wildman–Crippen MR) is 33.6 cm³/mol. The van der Waals surface area contributed by atoms with E-state index >= 15 is 0 Å². The van der Waals surface area contributed by atoms with Crippen LogP contribution >= 0.6 is 0 Å². The molecule has 0 spiro atoms. The Bertz CT molecular complexity index is 154.